The molecule has 1 aliphatic rings. The standard InChI is InChI=1S/C15H22FNO2.ClH/c1-18-13-8-11(12(16)9-14(13)19-2)15(17)10-6-4-3-5-7-10;/h8-10,15H,3-7,17H2,1-2H3;1H/t15-;/m0./s1. The predicted octanol–water partition coefficient (Wildman–Crippen LogP) is 3.84. The van der Waals surface area contributed by atoms with E-state index in [1.807, 2.05) is 0 Å². The Balaban J connectivity index is 0.00000200. The Bertz CT molecular complexity index is 436. The van der Waals surface area contributed by atoms with Crippen LogP contribution in [-0.4, -0.2) is 14.2 Å². The van der Waals surface area contributed by atoms with Crippen molar-refractivity contribution >= 4 is 12.4 Å². The van der Waals surface area contributed by atoms with Gasteiger partial charge < -0.3 is 15.2 Å². The monoisotopic (exact) mass is 303 g/mol. The fraction of sp³-hybridized carbons (Fsp3) is 0.600. The van der Waals surface area contributed by atoms with Crippen molar-refractivity contribution in [2.24, 2.45) is 11.7 Å². The molecular weight excluding hydrogens is 281 g/mol. The molecule has 0 unspecified atom stereocenters. The topological polar surface area (TPSA) is 44.5 Å². The first kappa shape index (κ1) is 17.1. The van der Waals surface area contributed by atoms with Crippen molar-refractivity contribution in [1.82, 2.24) is 0 Å². The average Bonchev–Trinajstić information content (AvgIpc) is 2.47. The third kappa shape index (κ3) is 3.55. The van der Waals surface area contributed by atoms with Gasteiger partial charge >= 0.3 is 0 Å². The number of halogens is 2. The summed E-state index contributed by atoms with van der Waals surface area (Å²) in [6.45, 7) is 0. The molecule has 1 fully saturated rings. The minimum absolute atomic E-state index is 0. The molecule has 20 heavy (non-hydrogen) atoms. The van der Waals surface area contributed by atoms with E-state index in [1.165, 1.54) is 32.4 Å². The van der Waals surface area contributed by atoms with Crippen LogP contribution < -0.4 is 15.2 Å². The summed E-state index contributed by atoms with van der Waals surface area (Å²) in [7, 11) is 3.05. The summed E-state index contributed by atoms with van der Waals surface area (Å²) in [6, 6.07) is 2.77. The first-order chi connectivity index (χ1) is 9.17. The predicted molar refractivity (Wildman–Crippen MR) is 80.3 cm³/mol. The number of methoxy groups -OCH3 is 2. The molecule has 0 saturated heterocycles. The summed E-state index contributed by atoms with van der Waals surface area (Å²) >= 11 is 0. The molecule has 1 aromatic rings. The van der Waals surface area contributed by atoms with Crippen LogP contribution in [-0.2, 0) is 0 Å². The van der Waals surface area contributed by atoms with Crippen molar-refractivity contribution in [3.63, 3.8) is 0 Å². The van der Waals surface area contributed by atoms with Crippen LogP contribution in [0.15, 0.2) is 12.1 Å². The molecule has 0 aromatic heterocycles. The van der Waals surface area contributed by atoms with Crippen molar-refractivity contribution in [3.05, 3.63) is 23.5 Å². The van der Waals surface area contributed by atoms with Crippen molar-refractivity contribution in [2.45, 2.75) is 38.1 Å². The summed E-state index contributed by atoms with van der Waals surface area (Å²) in [5.74, 6) is 0.988. The molecule has 1 atom stereocenters. The highest BCUT2D eigenvalue weighted by Crippen LogP contribution is 2.37. The van der Waals surface area contributed by atoms with Gasteiger partial charge in [0.05, 0.1) is 14.2 Å². The van der Waals surface area contributed by atoms with E-state index in [0.29, 0.717) is 23.0 Å². The summed E-state index contributed by atoms with van der Waals surface area (Å²) < 4.78 is 24.5. The van der Waals surface area contributed by atoms with Crippen LogP contribution >= 0.6 is 12.4 Å². The van der Waals surface area contributed by atoms with Crippen LogP contribution in [0.2, 0.25) is 0 Å². The third-order valence-corrected chi connectivity index (χ3v) is 4.02. The normalized spacial score (nSPS) is 17.2. The van der Waals surface area contributed by atoms with Crippen molar-refractivity contribution in [3.8, 4) is 11.5 Å². The maximum atomic E-state index is 14.1. The van der Waals surface area contributed by atoms with Gasteiger partial charge in [0, 0.05) is 17.7 Å². The molecule has 5 heteroatoms. The van der Waals surface area contributed by atoms with E-state index >= 15 is 0 Å². The minimum Gasteiger partial charge on any atom is -0.493 e. The average molecular weight is 304 g/mol. The van der Waals surface area contributed by atoms with Gasteiger partial charge in [-0.25, -0.2) is 4.39 Å². The second-order valence-corrected chi connectivity index (χ2v) is 5.15. The van der Waals surface area contributed by atoms with E-state index in [0.717, 1.165) is 12.8 Å². The Hall–Kier alpha value is -1.00. The SMILES string of the molecule is COc1cc(F)c([C@@H](N)C2CCCCC2)cc1OC.Cl. The van der Waals surface area contributed by atoms with Crippen LogP contribution in [0.5, 0.6) is 11.5 Å². The van der Waals surface area contributed by atoms with Gasteiger partial charge in [-0.3, -0.25) is 0 Å². The number of hydrogen-bond acceptors (Lipinski definition) is 3. The molecule has 114 valence electrons. The second kappa shape index (κ2) is 7.70. The molecule has 2 N–H and O–H groups in total. The lowest BCUT2D eigenvalue weighted by molar-refractivity contribution is 0.301. The molecule has 3 nitrogen and oxygen atoms in total. The van der Waals surface area contributed by atoms with E-state index in [2.05, 4.69) is 0 Å². The van der Waals surface area contributed by atoms with Crippen molar-refractivity contribution in [1.29, 1.82) is 0 Å². The molecule has 1 saturated carbocycles. The maximum Gasteiger partial charge on any atom is 0.163 e. The van der Waals surface area contributed by atoms with Gasteiger partial charge in [0.1, 0.15) is 5.82 Å². The first-order valence-corrected chi connectivity index (χ1v) is 6.84. The number of benzene rings is 1. The second-order valence-electron chi connectivity index (χ2n) is 5.15. The zero-order chi connectivity index (χ0) is 13.8. The smallest absolute Gasteiger partial charge is 0.163 e. The zero-order valence-electron chi connectivity index (χ0n) is 12.0. The quantitative estimate of drug-likeness (QED) is 0.919. The molecule has 1 aliphatic carbocycles. The summed E-state index contributed by atoms with van der Waals surface area (Å²) in [5.41, 5.74) is 6.78. The number of ether oxygens (including phenoxy) is 2. The molecule has 0 spiro atoms. The molecule has 0 bridgehead atoms. The lowest BCUT2D eigenvalue weighted by Gasteiger charge is -2.28. The summed E-state index contributed by atoms with van der Waals surface area (Å²) in [5, 5.41) is 0. The van der Waals surface area contributed by atoms with Crippen LogP contribution in [0.3, 0.4) is 0 Å². The van der Waals surface area contributed by atoms with Crippen molar-refractivity contribution < 1.29 is 13.9 Å². The van der Waals surface area contributed by atoms with E-state index in [9.17, 15) is 4.39 Å². The van der Waals surface area contributed by atoms with Crippen LogP contribution in [0, 0.1) is 11.7 Å². The Morgan fingerprint density at radius 1 is 1.10 bits per heavy atom. The van der Waals surface area contributed by atoms with Crippen LogP contribution in [0.1, 0.15) is 43.7 Å². The number of nitrogens with two attached hydrogens (primary N) is 1. The van der Waals surface area contributed by atoms with Crippen molar-refractivity contribution in [2.75, 3.05) is 14.2 Å². The Morgan fingerprint density at radius 3 is 2.20 bits per heavy atom. The Labute approximate surface area is 126 Å². The molecule has 2 rings (SSSR count). The summed E-state index contributed by atoms with van der Waals surface area (Å²) in [4.78, 5) is 0. The molecule has 0 amide bonds. The van der Waals surface area contributed by atoms with Gasteiger partial charge in [-0.05, 0) is 24.8 Å². The van der Waals surface area contributed by atoms with Gasteiger partial charge in [-0.2, -0.15) is 0 Å². The highest BCUT2D eigenvalue weighted by atomic mass is 35.5. The van der Waals surface area contributed by atoms with Gasteiger partial charge in [0.15, 0.2) is 11.5 Å². The number of hydrogen-bond donors (Lipinski definition) is 1. The van der Waals surface area contributed by atoms with Crippen LogP contribution in [0.25, 0.3) is 0 Å². The lowest BCUT2D eigenvalue weighted by Crippen LogP contribution is -2.24. The molecule has 1 aromatic carbocycles. The van der Waals surface area contributed by atoms with Crippen LogP contribution in [0.4, 0.5) is 4.39 Å². The highest BCUT2D eigenvalue weighted by Gasteiger charge is 2.25. The Morgan fingerprint density at radius 2 is 1.65 bits per heavy atom. The van der Waals surface area contributed by atoms with E-state index in [-0.39, 0.29) is 24.3 Å². The fourth-order valence-corrected chi connectivity index (χ4v) is 2.87. The largest absolute Gasteiger partial charge is 0.493 e. The zero-order valence-corrected chi connectivity index (χ0v) is 12.8. The highest BCUT2D eigenvalue weighted by molar-refractivity contribution is 5.85. The molecule has 0 aliphatic heterocycles. The number of rotatable bonds is 4. The lowest BCUT2D eigenvalue weighted by atomic mass is 9.81. The van der Waals surface area contributed by atoms with E-state index in [4.69, 9.17) is 15.2 Å². The van der Waals surface area contributed by atoms with E-state index in [1.54, 1.807) is 13.2 Å². The van der Waals surface area contributed by atoms with Gasteiger partial charge in [-0.1, -0.05) is 19.3 Å². The minimum atomic E-state index is -0.310. The van der Waals surface area contributed by atoms with Gasteiger partial charge in [0.2, 0.25) is 0 Å². The first-order valence-electron chi connectivity index (χ1n) is 6.84. The van der Waals surface area contributed by atoms with Gasteiger partial charge in [-0.15, -0.1) is 12.4 Å². The molecular formula is C15H23ClFNO2. The third-order valence-electron chi connectivity index (χ3n) is 4.02. The Kier molecular flexibility index (Phi) is 6.56. The van der Waals surface area contributed by atoms with E-state index < -0.39 is 0 Å². The molecule has 0 heterocycles. The van der Waals surface area contributed by atoms with Gasteiger partial charge in [0.25, 0.3) is 0 Å². The fourth-order valence-electron chi connectivity index (χ4n) is 2.87. The molecule has 0 radical (unpaired) electrons. The summed E-state index contributed by atoms with van der Waals surface area (Å²) in [6.07, 6.45) is 5.79. The maximum absolute atomic E-state index is 14.1.